The van der Waals surface area contributed by atoms with Crippen molar-refractivity contribution in [3.63, 3.8) is 0 Å². The molecule has 2 rings (SSSR count). The van der Waals surface area contributed by atoms with Crippen LogP contribution >= 0.6 is 11.6 Å². The number of benzene rings is 1. The van der Waals surface area contributed by atoms with E-state index in [1.54, 1.807) is 12.1 Å². The van der Waals surface area contributed by atoms with Crippen molar-refractivity contribution >= 4 is 29.3 Å². The number of nitrogens with one attached hydrogen (secondary N) is 1. The molecular formula is C15H19ClN2O5. The number of carboxylic acids is 1. The van der Waals surface area contributed by atoms with Crippen LogP contribution in [0.25, 0.3) is 0 Å². The molecule has 1 aliphatic heterocycles. The Hall–Kier alpha value is -2.15. The molecule has 1 aromatic carbocycles. The molecule has 1 unspecified atom stereocenters. The molecule has 7 nitrogen and oxygen atoms in total. The molecule has 0 saturated heterocycles. The van der Waals surface area contributed by atoms with Gasteiger partial charge in [0, 0.05) is 32.1 Å². The molecule has 2 amide bonds. The first-order valence-corrected chi connectivity index (χ1v) is 7.60. The number of halogens is 1. The van der Waals surface area contributed by atoms with E-state index in [0.29, 0.717) is 35.4 Å². The van der Waals surface area contributed by atoms with Crippen molar-refractivity contribution in [2.75, 3.05) is 32.1 Å². The number of urea groups is 1. The van der Waals surface area contributed by atoms with Crippen LogP contribution in [0.3, 0.4) is 0 Å². The average molecular weight is 343 g/mol. The van der Waals surface area contributed by atoms with Gasteiger partial charge in [-0.3, -0.25) is 4.79 Å². The zero-order valence-electron chi connectivity index (χ0n) is 13.0. The second-order valence-electron chi connectivity index (χ2n) is 5.38. The quantitative estimate of drug-likeness (QED) is 0.878. The van der Waals surface area contributed by atoms with Gasteiger partial charge in [-0.05, 0) is 0 Å². The van der Waals surface area contributed by atoms with Crippen LogP contribution in [-0.2, 0) is 4.79 Å². The third-order valence-electron chi connectivity index (χ3n) is 3.39. The molecule has 0 fully saturated rings. The number of aliphatic carboxylic acids is 1. The van der Waals surface area contributed by atoms with Gasteiger partial charge in [-0.1, -0.05) is 18.5 Å². The third-order valence-corrected chi connectivity index (χ3v) is 3.71. The molecule has 1 heterocycles. The minimum atomic E-state index is -0.960. The van der Waals surface area contributed by atoms with Gasteiger partial charge in [0.25, 0.3) is 0 Å². The van der Waals surface area contributed by atoms with E-state index in [1.165, 1.54) is 18.9 Å². The Morgan fingerprint density at radius 1 is 1.35 bits per heavy atom. The fourth-order valence-electron chi connectivity index (χ4n) is 2.06. The van der Waals surface area contributed by atoms with E-state index in [0.717, 1.165) is 6.42 Å². The predicted octanol–water partition coefficient (Wildman–Crippen LogP) is 2.69. The molecule has 1 aliphatic rings. The number of carboxylic acid groups (broad SMARTS) is 1. The van der Waals surface area contributed by atoms with Gasteiger partial charge in [-0.25, -0.2) is 4.79 Å². The summed E-state index contributed by atoms with van der Waals surface area (Å²) in [5.41, 5.74) is 0.385. The zero-order chi connectivity index (χ0) is 17.0. The molecule has 0 spiro atoms. The average Bonchev–Trinajstić information content (AvgIpc) is 2.72. The van der Waals surface area contributed by atoms with E-state index in [2.05, 4.69) is 5.32 Å². The molecule has 23 heavy (non-hydrogen) atoms. The van der Waals surface area contributed by atoms with E-state index in [9.17, 15) is 9.59 Å². The van der Waals surface area contributed by atoms with Crippen molar-refractivity contribution in [1.29, 1.82) is 0 Å². The maximum atomic E-state index is 12.1. The van der Waals surface area contributed by atoms with Crippen molar-refractivity contribution in [2.45, 2.75) is 13.3 Å². The zero-order valence-corrected chi connectivity index (χ0v) is 13.7. The smallest absolute Gasteiger partial charge is 0.321 e. The Morgan fingerprint density at radius 3 is 2.57 bits per heavy atom. The van der Waals surface area contributed by atoms with Crippen molar-refractivity contribution < 1.29 is 24.2 Å². The molecule has 126 valence electrons. The number of amides is 2. The first kappa shape index (κ1) is 17.2. The van der Waals surface area contributed by atoms with E-state index in [4.69, 9.17) is 26.2 Å². The summed E-state index contributed by atoms with van der Waals surface area (Å²) in [5, 5.41) is 11.9. The number of ether oxygens (including phenoxy) is 2. The minimum Gasteiger partial charge on any atom is -0.490 e. The molecule has 1 atom stereocenters. The Balaban J connectivity index is 2.08. The molecule has 8 heteroatoms. The molecule has 0 aliphatic carbocycles. The normalized spacial score (nSPS) is 14.6. The van der Waals surface area contributed by atoms with Crippen LogP contribution in [0.15, 0.2) is 12.1 Å². The standard InChI is InChI=1S/C15H19ClN2O5/c1-9(14(19)20)8-18(2)15(21)17-11-7-13-12(6-10(11)16)22-4-3-5-23-13/h6-7,9H,3-5,8H2,1-2H3,(H,17,21)(H,19,20). The molecular weight excluding hydrogens is 324 g/mol. The third kappa shape index (κ3) is 4.41. The molecule has 0 radical (unpaired) electrons. The number of hydrogen-bond donors (Lipinski definition) is 2. The van der Waals surface area contributed by atoms with Crippen molar-refractivity contribution in [1.82, 2.24) is 4.90 Å². The highest BCUT2D eigenvalue weighted by Gasteiger charge is 2.20. The van der Waals surface area contributed by atoms with Crippen LogP contribution in [0.2, 0.25) is 5.02 Å². The number of rotatable bonds is 4. The van der Waals surface area contributed by atoms with Crippen LogP contribution < -0.4 is 14.8 Å². The lowest BCUT2D eigenvalue weighted by Crippen LogP contribution is -2.36. The highest BCUT2D eigenvalue weighted by Crippen LogP contribution is 2.37. The van der Waals surface area contributed by atoms with Gasteiger partial charge in [-0.15, -0.1) is 0 Å². The van der Waals surface area contributed by atoms with Crippen molar-refractivity contribution in [3.8, 4) is 11.5 Å². The van der Waals surface area contributed by atoms with Gasteiger partial charge >= 0.3 is 12.0 Å². The SMILES string of the molecule is CC(CN(C)C(=O)Nc1cc2c(cc1Cl)OCCCO2)C(=O)O. The lowest BCUT2D eigenvalue weighted by Gasteiger charge is -2.21. The summed E-state index contributed by atoms with van der Waals surface area (Å²) in [6, 6.07) is 2.75. The Labute approximate surface area is 139 Å². The molecule has 0 saturated carbocycles. The van der Waals surface area contributed by atoms with Gasteiger partial charge in [-0.2, -0.15) is 0 Å². The van der Waals surface area contributed by atoms with Gasteiger partial charge in [0.1, 0.15) is 0 Å². The molecule has 1 aromatic rings. The second kappa shape index (κ2) is 7.41. The second-order valence-corrected chi connectivity index (χ2v) is 5.79. The van der Waals surface area contributed by atoms with Gasteiger partial charge < -0.3 is 24.8 Å². The van der Waals surface area contributed by atoms with Gasteiger partial charge in [0.15, 0.2) is 11.5 Å². The maximum absolute atomic E-state index is 12.1. The fraction of sp³-hybridized carbons (Fsp3) is 0.467. The largest absolute Gasteiger partial charge is 0.490 e. The number of nitrogens with zero attached hydrogens (tertiary/aromatic N) is 1. The van der Waals surface area contributed by atoms with E-state index < -0.39 is 17.9 Å². The van der Waals surface area contributed by atoms with Crippen LogP contribution in [-0.4, -0.2) is 48.8 Å². The first-order valence-electron chi connectivity index (χ1n) is 7.22. The highest BCUT2D eigenvalue weighted by atomic mass is 35.5. The monoisotopic (exact) mass is 342 g/mol. The summed E-state index contributed by atoms with van der Waals surface area (Å²) in [4.78, 5) is 24.3. The van der Waals surface area contributed by atoms with Gasteiger partial charge in [0.2, 0.25) is 0 Å². The molecule has 0 aromatic heterocycles. The number of anilines is 1. The first-order chi connectivity index (χ1) is 10.9. The van der Waals surface area contributed by atoms with Crippen molar-refractivity contribution in [3.05, 3.63) is 17.2 Å². The summed E-state index contributed by atoms with van der Waals surface area (Å²) in [5.74, 6) is -0.564. The lowest BCUT2D eigenvalue weighted by molar-refractivity contribution is -0.141. The van der Waals surface area contributed by atoms with E-state index in [1.807, 2.05) is 0 Å². The summed E-state index contributed by atoms with van der Waals surface area (Å²) < 4.78 is 11.1. The minimum absolute atomic E-state index is 0.0866. The van der Waals surface area contributed by atoms with Crippen LogP contribution in [0.5, 0.6) is 11.5 Å². The van der Waals surface area contributed by atoms with Crippen LogP contribution in [0.4, 0.5) is 10.5 Å². The summed E-state index contributed by atoms with van der Waals surface area (Å²) in [7, 11) is 1.52. The number of fused-ring (bicyclic) bond motifs is 1. The van der Waals surface area contributed by atoms with Gasteiger partial charge in [0.05, 0.1) is 29.8 Å². The Bertz CT molecular complexity index is 608. The van der Waals surface area contributed by atoms with Crippen LogP contribution in [0, 0.1) is 5.92 Å². The number of carbonyl (C=O) groups is 2. The summed E-state index contributed by atoms with van der Waals surface area (Å²) in [6.45, 7) is 2.69. The Morgan fingerprint density at radius 2 is 1.96 bits per heavy atom. The van der Waals surface area contributed by atoms with E-state index in [-0.39, 0.29) is 6.54 Å². The topological polar surface area (TPSA) is 88.1 Å². The summed E-state index contributed by atoms with van der Waals surface area (Å²) >= 11 is 6.16. The molecule has 0 bridgehead atoms. The molecule has 2 N–H and O–H groups in total. The fourth-order valence-corrected chi connectivity index (χ4v) is 2.26. The maximum Gasteiger partial charge on any atom is 0.321 e. The lowest BCUT2D eigenvalue weighted by atomic mass is 10.2. The highest BCUT2D eigenvalue weighted by molar-refractivity contribution is 6.34. The van der Waals surface area contributed by atoms with E-state index >= 15 is 0 Å². The predicted molar refractivity (Wildman–Crippen MR) is 85.5 cm³/mol. The van der Waals surface area contributed by atoms with Crippen LogP contribution in [0.1, 0.15) is 13.3 Å². The number of carbonyl (C=O) groups excluding carboxylic acids is 1. The number of hydrogen-bond acceptors (Lipinski definition) is 4. The van der Waals surface area contributed by atoms with Crippen molar-refractivity contribution in [2.24, 2.45) is 5.92 Å². The Kier molecular flexibility index (Phi) is 5.54. The summed E-state index contributed by atoms with van der Waals surface area (Å²) in [6.07, 6.45) is 0.768.